The molecule has 0 bridgehead atoms. The van der Waals surface area contributed by atoms with Crippen LogP contribution in [0.4, 0.5) is 0 Å². The lowest BCUT2D eigenvalue weighted by atomic mass is 10.2. The summed E-state index contributed by atoms with van der Waals surface area (Å²) in [4.78, 5) is 0. The lowest BCUT2D eigenvalue weighted by Gasteiger charge is -2.11. The predicted octanol–water partition coefficient (Wildman–Crippen LogP) is 1.85. The molecule has 0 saturated heterocycles. The van der Waals surface area contributed by atoms with Gasteiger partial charge in [-0.3, -0.25) is 0 Å². The summed E-state index contributed by atoms with van der Waals surface area (Å²) in [5.74, 6) is 1.59. The smallest absolute Gasteiger partial charge is 0.128 e. The summed E-state index contributed by atoms with van der Waals surface area (Å²) in [6.07, 6.45) is 0. The number of hydrogen-bond donors (Lipinski definition) is 0. The van der Waals surface area contributed by atoms with Gasteiger partial charge in [-0.05, 0) is 12.1 Å². The van der Waals surface area contributed by atoms with Gasteiger partial charge in [0.05, 0.1) is 26.4 Å². The van der Waals surface area contributed by atoms with Crippen LogP contribution < -0.4 is 9.47 Å². The molecular formula is C10H14O3. The van der Waals surface area contributed by atoms with Crippen LogP contribution in [-0.2, 0) is 11.3 Å². The maximum Gasteiger partial charge on any atom is 0.128 e. The second kappa shape index (κ2) is 4.72. The molecule has 1 aromatic carbocycles. The molecule has 0 radical (unpaired) electrons. The molecule has 0 amide bonds. The van der Waals surface area contributed by atoms with E-state index >= 15 is 0 Å². The van der Waals surface area contributed by atoms with Crippen molar-refractivity contribution in [3.63, 3.8) is 0 Å². The van der Waals surface area contributed by atoms with E-state index in [4.69, 9.17) is 14.2 Å². The Bertz CT molecular complexity index is 249. The van der Waals surface area contributed by atoms with Gasteiger partial charge in [0, 0.05) is 7.11 Å². The van der Waals surface area contributed by atoms with Crippen LogP contribution >= 0.6 is 0 Å². The summed E-state index contributed by atoms with van der Waals surface area (Å²) < 4.78 is 15.4. The Balaban J connectivity index is 3.05. The van der Waals surface area contributed by atoms with Gasteiger partial charge in [-0.25, -0.2) is 0 Å². The van der Waals surface area contributed by atoms with Crippen molar-refractivity contribution in [2.75, 3.05) is 21.3 Å². The number of rotatable bonds is 4. The standard InChI is InChI=1S/C10H14O3/c1-11-7-8-9(12-2)5-4-6-10(8)13-3/h4-6H,7H2,1-3H3. The van der Waals surface area contributed by atoms with E-state index < -0.39 is 0 Å². The highest BCUT2D eigenvalue weighted by Gasteiger charge is 2.08. The molecule has 0 N–H and O–H groups in total. The Hall–Kier alpha value is -1.22. The van der Waals surface area contributed by atoms with Gasteiger partial charge in [-0.1, -0.05) is 6.07 Å². The van der Waals surface area contributed by atoms with E-state index in [2.05, 4.69) is 0 Å². The van der Waals surface area contributed by atoms with E-state index in [1.807, 2.05) is 18.2 Å². The first-order valence-corrected chi connectivity index (χ1v) is 4.02. The van der Waals surface area contributed by atoms with Crippen molar-refractivity contribution in [2.45, 2.75) is 6.61 Å². The molecule has 0 aliphatic rings. The van der Waals surface area contributed by atoms with Crippen LogP contribution in [0.25, 0.3) is 0 Å². The average Bonchev–Trinajstić information content (AvgIpc) is 2.18. The Morgan fingerprint density at radius 1 is 1.00 bits per heavy atom. The van der Waals surface area contributed by atoms with Gasteiger partial charge in [0.15, 0.2) is 0 Å². The maximum atomic E-state index is 5.18. The zero-order valence-electron chi connectivity index (χ0n) is 8.16. The molecule has 0 aromatic heterocycles. The normalized spacial score (nSPS) is 9.77. The summed E-state index contributed by atoms with van der Waals surface area (Å²) >= 11 is 0. The molecule has 0 aliphatic heterocycles. The molecular weight excluding hydrogens is 168 g/mol. The first kappa shape index (κ1) is 9.86. The SMILES string of the molecule is COCc1c(OC)cccc1OC. The lowest BCUT2D eigenvalue weighted by molar-refractivity contribution is 0.178. The minimum Gasteiger partial charge on any atom is -0.496 e. The third-order valence-electron chi connectivity index (χ3n) is 1.82. The van der Waals surface area contributed by atoms with E-state index in [0.29, 0.717) is 6.61 Å². The predicted molar refractivity (Wildman–Crippen MR) is 50.3 cm³/mol. The number of ether oxygens (including phenoxy) is 3. The highest BCUT2D eigenvalue weighted by Crippen LogP contribution is 2.28. The van der Waals surface area contributed by atoms with Crippen molar-refractivity contribution in [3.05, 3.63) is 23.8 Å². The molecule has 0 spiro atoms. The molecule has 3 heteroatoms. The summed E-state index contributed by atoms with van der Waals surface area (Å²) in [5, 5.41) is 0. The average molecular weight is 182 g/mol. The van der Waals surface area contributed by atoms with Crippen LogP contribution in [0.2, 0.25) is 0 Å². The van der Waals surface area contributed by atoms with Crippen LogP contribution in [-0.4, -0.2) is 21.3 Å². The van der Waals surface area contributed by atoms with Gasteiger partial charge in [-0.2, -0.15) is 0 Å². The number of benzene rings is 1. The fraction of sp³-hybridized carbons (Fsp3) is 0.400. The Kier molecular flexibility index (Phi) is 3.58. The van der Waals surface area contributed by atoms with Gasteiger partial charge in [0.25, 0.3) is 0 Å². The van der Waals surface area contributed by atoms with Crippen molar-refractivity contribution in [1.29, 1.82) is 0 Å². The second-order valence-corrected chi connectivity index (χ2v) is 2.57. The van der Waals surface area contributed by atoms with Crippen LogP contribution in [0, 0.1) is 0 Å². The zero-order chi connectivity index (χ0) is 9.68. The Morgan fingerprint density at radius 3 is 1.92 bits per heavy atom. The highest BCUT2D eigenvalue weighted by atomic mass is 16.5. The molecule has 0 saturated carbocycles. The summed E-state index contributed by atoms with van der Waals surface area (Å²) in [6, 6.07) is 5.66. The van der Waals surface area contributed by atoms with Gasteiger partial charge < -0.3 is 14.2 Å². The summed E-state index contributed by atoms with van der Waals surface area (Å²) in [5.41, 5.74) is 0.940. The van der Waals surface area contributed by atoms with E-state index in [1.165, 1.54) is 0 Å². The third-order valence-corrected chi connectivity index (χ3v) is 1.82. The lowest BCUT2D eigenvalue weighted by Crippen LogP contribution is -1.97. The monoisotopic (exact) mass is 182 g/mol. The molecule has 1 aromatic rings. The van der Waals surface area contributed by atoms with Crippen LogP contribution in [0.5, 0.6) is 11.5 Å². The Morgan fingerprint density at radius 2 is 1.54 bits per heavy atom. The van der Waals surface area contributed by atoms with Crippen LogP contribution in [0.3, 0.4) is 0 Å². The molecule has 72 valence electrons. The van der Waals surface area contributed by atoms with Gasteiger partial charge in [0.1, 0.15) is 11.5 Å². The minimum absolute atomic E-state index is 0.493. The second-order valence-electron chi connectivity index (χ2n) is 2.57. The molecule has 1 rings (SSSR count). The molecule has 0 fully saturated rings. The first-order chi connectivity index (χ1) is 6.33. The van der Waals surface area contributed by atoms with Crippen LogP contribution in [0.15, 0.2) is 18.2 Å². The fourth-order valence-corrected chi connectivity index (χ4v) is 1.21. The van der Waals surface area contributed by atoms with Crippen molar-refractivity contribution in [1.82, 2.24) is 0 Å². The van der Waals surface area contributed by atoms with Crippen LogP contribution in [0.1, 0.15) is 5.56 Å². The quantitative estimate of drug-likeness (QED) is 0.711. The minimum atomic E-state index is 0.493. The van der Waals surface area contributed by atoms with E-state index in [9.17, 15) is 0 Å². The number of methoxy groups -OCH3 is 3. The largest absolute Gasteiger partial charge is 0.496 e. The van der Waals surface area contributed by atoms with E-state index in [1.54, 1.807) is 21.3 Å². The Labute approximate surface area is 78.2 Å². The van der Waals surface area contributed by atoms with Crippen molar-refractivity contribution >= 4 is 0 Å². The maximum absolute atomic E-state index is 5.18. The first-order valence-electron chi connectivity index (χ1n) is 4.02. The highest BCUT2D eigenvalue weighted by molar-refractivity contribution is 5.44. The van der Waals surface area contributed by atoms with Gasteiger partial charge in [0.2, 0.25) is 0 Å². The molecule has 0 heterocycles. The van der Waals surface area contributed by atoms with Crippen molar-refractivity contribution < 1.29 is 14.2 Å². The van der Waals surface area contributed by atoms with Gasteiger partial charge in [-0.15, -0.1) is 0 Å². The van der Waals surface area contributed by atoms with E-state index in [-0.39, 0.29) is 0 Å². The fourth-order valence-electron chi connectivity index (χ4n) is 1.21. The topological polar surface area (TPSA) is 27.7 Å². The van der Waals surface area contributed by atoms with Gasteiger partial charge >= 0.3 is 0 Å². The van der Waals surface area contributed by atoms with Crippen molar-refractivity contribution in [2.24, 2.45) is 0 Å². The molecule has 3 nitrogen and oxygen atoms in total. The van der Waals surface area contributed by atoms with E-state index in [0.717, 1.165) is 17.1 Å². The van der Waals surface area contributed by atoms with Crippen molar-refractivity contribution in [3.8, 4) is 11.5 Å². The molecule has 13 heavy (non-hydrogen) atoms. The zero-order valence-corrected chi connectivity index (χ0v) is 8.16. The third kappa shape index (κ3) is 2.12. The molecule has 0 aliphatic carbocycles. The summed E-state index contributed by atoms with van der Waals surface area (Å²) in [7, 11) is 4.91. The molecule has 0 unspecified atom stereocenters. The summed E-state index contributed by atoms with van der Waals surface area (Å²) in [6.45, 7) is 0.493. The number of hydrogen-bond acceptors (Lipinski definition) is 3. The molecule has 0 atom stereocenters.